The molecule has 2 heterocycles. The predicted molar refractivity (Wildman–Crippen MR) is 77.5 cm³/mol. The molecule has 2 nitrogen and oxygen atoms in total. The average molecular weight is 263 g/mol. The SMILES string of the molecule is c1cc(OC2CSC2)ccc1CC1CCCNC1. The Morgan fingerprint density at radius 2 is 2.06 bits per heavy atom. The van der Waals surface area contributed by atoms with E-state index in [1.165, 1.54) is 37.9 Å². The Morgan fingerprint density at radius 1 is 1.22 bits per heavy atom. The molecule has 2 saturated heterocycles. The van der Waals surface area contributed by atoms with Crippen LogP contribution < -0.4 is 10.1 Å². The molecule has 0 spiro atoms. The molecule has 2 aliphatic heterocycles. The first-order valence-corrected chi connectivity index (χ1v) is 8.10. The van der Waals surface area contributed by atoms with Gasteiger partial charge in [-0.1, -0.05) is 12.1 Å². The molecule has 0 aliphatic carbocycles. The van der Waals surface area contributed by atoms with Gasteiger partial charge in [-0.2, -0.15) is 11.8 Å². The lowest BCUT2D eigenvalue weighted by atomic mass is 9.92. The lowest BCUT2D eigenvalue weighted by molar-refractivity contribution is 0.240. The van der Waals surface area contributed by atoms with Gasteiger partial charge in [0.1, 0.15) is 11.9 Å². The molecule has 3 heteroatoms. The van der Waals surface area contributed by atoms with Crippen LogP contribution in [-0.4, -0.2) is 30.7 Å². The second kappa shape index (κ2) is 5.98. The van der Waals surface area contributed by atoms with Gasteiger partial charge in [0, 0.05) is 11.5 Å². The van der Waals surface area contributed by atoms with Crippen molar-refractivity contribution in [2.24, 2.45) is 5.92 Å². The van der Waals surface area contributed by atoms with E-state index in [4.69, 9.17) is 4.74 Å². The summed E-state index contributed by atoms with van der Waals surface area (Å²) in [5.41, 5.74) is 1.44. The Hall–Kier alpha value is -0.670. The van der Waals surface area contributed by atoms with E-state index in [1.54, 1.807) is 0 Å². The fourth-order valence-corrected chi connectivity index (χ4v) is 3.17. The van der Waals surface area contributed by atoms with Crippen LogP contribution in [0, 0.1) is 5.92 Å². The van der Waals surface area contributed by atoms with Crippen molar-refractivity contribution in [1.29, 1.82) is 0 Å². The summed E-state index contributed by atoms with van der Waals surface area (Å²) in [6.45, 7) is 2.38. The Labute approximate surface area is 113 Å². The van der Waals surface area contributed by atoms with Crippen molar-refractivity contribution < 1.29 is 4.74 Å². The molecule has 98 valence electrons. The predicted octanol–water partition coefficient (Wildman–Crippen LogP) is 2.72. The van der Waals surface area contributed by atoms with Crippen molar-refractivity contribution in [2.45, 2.75) is 25.4 Å². The molecule has 1 unspecified atom stereocenters. The molecule has 1 atom stereocenters. The number of rotatable bonds is 4. The number of ether oxygens (including phenoxy) is 1. The van der Waals surface area contributed by atoms with Crippen LogP contribution in [0.15, 0.2) is 24.3 Å². The number of nitrogens with one attached hydrogen (secondary N) is 1. The van der Waals surface area contributed by atoms with E-state index in [1.807, 2.05) is 11.8 Å². The third-order valence-corrected chi connectivity index (χ3v) is 4.97. The third kappa shape index (κ3) is 3.21. The Bertz CT molecular complexity index is 369. The summed E-state index contributed by atoms with van der Waals surface area (Å²) in [6, 6.07) is 8.73. The van der Waals surface area contributed by atoms with Gasteiger partial charge in [0.25, 0.3) is 0 Å². The first kappa shape index (κ1) is 12.4. The van der Waals surface area contributed by atoms with Crippen molar-refractivity contribution >= 4 is 11.8 Å². The molecule has 2 fully saturated rings. The van der Waals surface area contributed by atoms with Crippen LogP contribution in [0.3, 0.4) is 0 Å². The topological polar surface area (TPSA) is 21.3 Å². The third-order valence-electron chi connectivity index (χ3n) is 3.76. The zero-order chi connectivity index (χ0) is 12.2. The number of hydrogen-bond donors (Lipinski definition) is 1. The van der Waals surface area contributed by atoms with Gasteiger partial charge in [0.05, 0.1) is 0 Å². The van der Waals surface area contributed by atoms with Gasteiger partial charge in [0.15, 0.2) is 0 Å². The highest BCUT2D eigenvalue weighted by Gasteiger charge is 2.19. The van der Waals surface area contributed by atoms with E-state index in [-0.39, 0.29) is 0 Å². The van der Waals surface area contributed by atoms with Crippen molar-refractivity contribution in [3.8, 4) is 5.75 Å². The summed E-state index contributed by atoms with van der Waals surface area (Å²) < 4.78 is 5.86. The van der Waals surface area contributed by atoms with Crippen LogP contribution in [0.25, 0.3) is 0 Å². The van der Waals surface area contributed by atoms with Crippen LogP contribution in [-0.2, 0) is 6.42 Å². The molecule has 0 radical (unpaired) electrons. The Morgan fingerprint density at radius 3 is 2.67 bits per heavy atom. The molecular formula is C15H21NOS. The van der Waals surface area contributed by atoms with Gasteiger partial charge in [0.2, 0.25) is 0 Å². The van der Waals surface area contributed by atoms with Crippen molar-refractivity contribution in [3.05, 3.63) is 29.8 Å². The standard InChI is InChI=1S/C15H21NOS/c1-2-13(9-16-7-1)8-12-3-5-14(6-4-12)17-15-10-18-11-15/h3-6,13,15-16H,1-2,7-11H2. The van der Waals surface area contributed by atoms with E-state index in [2.05, 4.69) is 29.6 Å². The molecular weight excluding hydrogens is 242 g/mol. The van der Waals surface area contributed by atoms with Crippen molar-refractivity contribution in [1.82, 2.24) is 5.32 Å². The lowest BCUT2D eigenvalue weighted by Gasteiger charge is -2.26. The van der Waals surface area contributed by atoms with Crippen LogP contribution in [0.4, 0.5) is 0 Å². The minimum absolute atomic E-state index is 0.448. The summed E-state index contributed by atoms with van der Waals surface area (Å²) >= 11 is 1.96. The smallest absolute Gasteiger partial charge is 0.119 e. The Kier molecular flexibility index (Phi) is 4.11. The van der Waals surface area contributed by atoms with Crippen molar-refractivity contribution in [2.75, 3.05) is 24.6 Å². The Balaban J connectivity index is 1.52. The van der Waals surface area contributed by atoms with E-state index < -0.39 is 0 Å². The maximum atomic E-state index is 5.86. The zero-order valence-electron chi connectivity index (χ0n) is 10.7. The molecule has 0 amide bonds. The fraction of sp³-hybridized carbons (Fsp3) is 0.600. The quantitative estimate of drug-likeness (QED) is 0.902. The first-order chi connectivity index (χ1) is 8.90. The normalized spacial score (nSPS) is 24.6. The molecule has 2 aliphatic rings. The molecule has 1 aromatic carbocycles. The second-order valence-electron chi connectivity index (χ2n) is 5.34. The molecule has 3 rings (SSSR count). The average Bonchev–Trinajstić information content (AvgIpc) is 2.37. The van der Waals surface area contributed by atoms with E-state index in [9.17, 15) is 0 Å². The molecule has 1 N–H and O–H groups in total. The van der Waals surface area contributed by atoms with Crippen LogP contribution in [0.5, 0.6) is 5.75 Å². The van der Waals surface area contributed by atoms with Gasteiger partial charge in [-0.15, -0.1) is 0 Å². The maximum absolute atomic E-state index is 5.86. The number of benzene rings is 1. The van der Waals surface area contributed by atoms with Crippen LogP contribution >= 0.6 is 11.8 Å². The van der Waals surface area contributed by atoms with Gasteiger partial charge in [-0.3, -0.25) is 0 Å². The van der Waals surface area contributed by atoms with E-state index in [0.29, 0.717) is 6.10 Å². The lowest BCUT2D eigenvalue weighted by Crippen LogP contribution is -2.31. The molecule has 0 bridgehead atoms. The summed E-state index contributed by atoms with van der Waals surface area (Å²) in [7, 11) is 0. The molecule has 18 heavy (non-hydrogen) atoms. The maximum Gasteiger partial charge on any atom is 0.119 e. The number of piperidine rings is 1. The fourth-order valence-electron chi connectivity index (χ4n) is 2.61. The van der Waals surface area contributed by atoms with Gasteiger partial charge in [-0.25, -0.2) is 0 Å². The highest BCUT2D eigenvalue weighted by Crippen LogP contribution is 2.24. The zero-order valence-corrected chi connectivity index (χ0v) is 11.5. The molecule has 1 aromatic rings. The summed E-state index contributed by atoms with van der Waals surface area (Å²) in [5.74, 6) is 4.14. The van der Waals surface area contributed by atoms with Crippen LogP contribution in [0.2, 0.25) is 0 Å². The summed E-state index contributed by atoms with van der Waals surface area (Å²) in [4.78, 5) is 0. The van der Waals surface area contributed by atoms with Gasteiger partial charge < -0.3 is 10.1 Å². The van der Waals surface area contributed by atoms with Gasteiger partial charge in [-0.05, 0) is 56.0 Å². The van der Waals surface area contributed by atoms with Gasteiger partial charge >= 0.3 is 0 Å². The largest absolute Gasteiger partial charge is 0.489 e. The van der Waals surface area contributed by atoms with Crippen molar-refractivity contribution in [3.63, 3.8) is 0 Å². The summed E-state index contributed by atoms with van der Waals surface area (Å²) in [6.07, 6.45) is 4.34. The minimum atomic E-state index is 0.448. The highest BCUT2D eigenvalue weighted by atomic mass is 32.2. The first-order valence-electron chi connectivity index (χ1n) is 6.94. The highest BCUT2D eigenvalue weighted by molar-refractivity contribution is 8.00. The number of hydrogen-bond acceptors (Lipinski definition) is 3. The second-order valence-corrected chi connectivity index (χ2v) is 6.41. The number of thioether (sulfide) groups is 1. The monoisotopic (exact) mass is 263 g/mol. The van der Waals surface area contributed by atoms with Crippen LogP contribution in [0.1, 0.15) is 18.4 Å². The van der Waals surface area contributed by atoms with E-state index in [0.717, 1.165) is 23.2 Å². The summed E-state index contributed by atoms with van der Waals surface area (Å²) in [5, 5.41) is 3.48. The molecule has 0 saturated carbocycles. The minimum Gasteiger partial charge on any atom is -0.489 e. The molecule has 0 aromatic heterocycles. The van der Waals surface area contributed by atoms with E-state index >= 15 is 0 Å².